The number of benzene rings is 1. The summed E-state index contributed by atoms with van der Waals surface area (Å²) < 4.78 is 11.2. The summed E-state index contributed by atoms with van der Waals surface area (Å²) in [5.74, 6) is 1.42. The summed E-state index contributed by atoms with van der Waals surface area (Å²) in [7, 11) is 0. The average Bonchev–Trinajstić information content (AvgIpc) is 2.69. The Hall–Kier alpha value is -1.55. The standard InChI is InChI=1S/C23H33NO3/c1-3-16(4-2)22(25)27-15-26-18-9-8-17-13-21-19-7-5-6-10-23(19,11-12-24-21)20(17)14-18/h8-9,14,16,19,21,24H,3-7,10-13,15H2,1-2H3/t19-,21+,23+/m0/s1. The minimum absolute atomic E-state index is 0.00866. The maximum atomic E-state index is 12.0. The first kappa shape index (κ1) is 18.8. The number of nitrogens with one attached hydrogen (secondary N) is 1. The Morgan fingerprint density at radius 3 is 2.93 bits per heavy atom. The third-order valence-electron chi connectivity index (χ3n) is 7.36. The van der Waals surface area contributed by atoms with E-state index >= 15 is 0 Å². The van der Waals surface area contributed by atoms with E-state index in [4.69, 9.17) is 9.47 Å². The fourth-order valence-corrected chi connectivity index (χ4v) is 5.89. The van der Waals surface area contributed by atoms with Crippen LogP contribution in [0.3, 0.4) is 0 Å². The van der Waals surface area contributed by atoms with Crippen molar-refractivity contribution in [1.29, 1.82) is 0 Å². The molecule has 27 heavy (non-hydrogen) atoms. The second kappa shape index (κ2) is 7.83. The highest BCUT2D eigenvalue weighted by atomic mass is 16.7. The molecule has 4 heteroatoms. The van der Waals surface area contributed by atoms with Gasteiger partial charge in [-0.15, -0.1) is 0 Å². The minimum Gasteiger partial charge on any atom is -0.457 e. The first-order valence-corrected chi connectivity index (χ1v) is 10.8. The summed E-state index contributed by atoms with van der Waals surface area (Å²) in [6.07, 6.45) is 9.33. The Kier molecular flexibility index (Phi) is 5.45. The summed E-state index contributed by atoms with van der Waals surface area (Å²) in [5.41, 5.74) is 3.31. The molecule has 1 saturated heterocycles. The van der Waals surface area contributed by atoms with E-state index in [2.05, 4.69) is 17.4 Å². The summed E-state index contributed by atoms with van der Waals surface area (Å²) in [5, 5.41) is 3.78. The van der Waals surface area contributed by atoms with Gasteiger partial charge in [-0.1, -0.05) is 32.8 Å². The molecule has 2 bridgehead atoms. The number of rotatable bonds is 6. The van der Waals surface area contributed by atoms with Crippen LogP contribution in [-0.2, 0) is 21.4 Å². The van der Waals surface area contributed by atoms with Crippen molar-refractivity contribution in [2.45, 2.75) is 76.7 Å². The lowest BCUT2D eigenvalue weighted by Crippen LogP contribution is -2.59. The van der Waals surface area contributed by atoms with Gasteiger partial charge in [0.1, 0.15) is 5.75 Å². The van der Waals surface area contributed by atoms with Gasteiger partial charge in [0.2, 0.25) is 6.79 Å². The second-order valence-electron chi connectivity index (χ2n) is 8.58. The lowest BCUT2D eigenvalue weighted by Gasteiger charge is -2.56. The van der Waals surface area contributed by atoms with Gasteiger partial charge >= 0.3 is 5.97 Å². The lowest BCUT2D eigenvalue weighted by molar-refractivity contribution is -0.155. The molecule has 4 rings (SSSR count). The van der Waals surface area contributed by atoms with Crippen LogP contribution in [0, 0.1) is 11.8 Å². The van der Waals surface area contributed by atoms with E-state index in [-0.39, 0.29) is 18.7 Å². The van der Waals surface area contributed by atoms with Crippen molar-refractivity contribution in [2.24, 2.45) is 11.8 Å². The molecule has 0 radical (unpaired) electrons. The molecule has 0 aromatic heterocycles. The van der Waals surface area contributed by atoms with Crippen molar-refractivity contribution in [3.05, 3.63) is 29.3 Å². The van der Waals surface area contributed by atoms with Gasteiger partial charge in [-0.25, -0.2) is 0 Å². The van der Waals surface area contributed by atoms with Crippen LogP contribution >= 0.6 is 0 Å². The van der Waals surface area contributed by atoms with E-state index in [1.165, 1.54) is 43.2 Å². The van der Waals surface area contributed by atoms with Gasteiger partial charge in [0, 0.05) is 11.5 Å². The van der Waals surface area contributed by atoms with E-state index in [1.807, 2.05) is 19.9 Å². The van der Waals surface area contributed by atoms with Crippen molar-refractivity contribution in [2.75, 3.05) is 13.3 Å². The van der Waals surface area contributed by atoms with Crippen LogP contribution in [0.25, 0.3) is 0 Å². The molecule has 0 unspecified atom stereocenters. The van der Waals surface area contributed by atoms with E-state index < -0.39 is 0 Å². The number of ether oxygens (including phenoxy) is 2. The third-order valence-corrected chi connectivity index (χ3v) is 7.36. The zero-order chi connectivity index (χ0) is 18.9. The molecule has 1 heterocycles. The zero-order valence-electron chi connectivity index (χ0n) is 16.8. The van der Waals surface area contributed by atoms with Crippen LogP contribution in [0.2, 0.25) is 0 Å². The molecular formula is C23H33NO3. The first-order valence-electron chi connectivity index (χ1n) is 10.8. The van der Waals surface area contributed by atoms with E-state index in [0.29, 0.717) is 11.5 Å². The minimum atomic E-state index is -0.148. The number of fused-ring (bicyclic) bond motifs is 1. The van der Waals surface area contributed by atoms with Crippen molar-refractivity contribution >= 4 is 5.97 Å². The maximum Gasteiger partial charge on any atom is 0.311 e. The summed E-state index contributed by atoms with van der Waals surface area (Å²) in [4.78, 5) is 12.0. The van der Waals surface area contributed by atoms with Crippen molar-refractivity contribution in [3.63, 3.8) is 0 Å². The third kappa shape index (κ3) is 3.37. The van der Waals surface area contributed by atoms with Crippen LogP contribution in [0.4, 0.5) is 0 Å². The zero-order valence-corrected chi connectivity index (χ0v) is 16.8. The second-order valence-corrected chi connectivity index (χ2v) is 8.58. The fourth-order valence-electron chi connectivity index (χ4n) is 5.89. The average molecular weight is 372 g/mol. The normalized spacial score (nSPS) is 29.0. The number of hydrogen-bond donors (Lipinski definition) is 1. The highest BCUT2D eigenvalue weighted by Crippen LogP contribution is 2.54. The number of carbonyl (C=O) groups is 1. The van der Waals surface area contributed by atoms with Gasteiger partial charge in [-0.2, -0.15) is 0 Å². The van der Waals surface area contributed by atoms with Gasteiger partial charge < -0.3 is 14.8 Å². The van der Waals surface area contributed by atoms with Gasteiger partial charge in [-0.05, 0) is 74.2 Å². The van der Waals surface area contributed by atoms with Gasteiger partial charge in [-0.3, -0.25) is 4.79 Å². The van der Waals surface area contributed by atoms with Crippen LogP contribution < -0.4 is 10.1 Å². The Morgan fingerprint density at radius 1 is 1.26 bits per heavy atom. The molecule has 0 spiro atoms. The van der Waals surface area contributed by atoms with Gasteiger partial charge in [0.25, 0.3) is 0 Å². The smallest absolute Gasteiger partial charge is 0.311 e. The summed E-state index contributed by atoms with van der Waals surface area (Å²) in [6, 6.07) is 7.17. The fraction of sp³-hybridized carbons (Fsp3) is 0.696. The molecule has 4 nitrogen and oxygen atoms in total. The Morgan fingerprint density at radius 2 is 2.11 bits per heavy atom. The Balaban J connectivity index is 1.49. The molecule has 1 aromatic carbocycles. The van der Waals surface area contributed by atoms with Gasteiger partial charge in [0.05, 0.1) is 5.92 Å². The van der Waals surface area contributed by atoms with Crippen LogP contribution in [0.15, 0.2) is 18.2 Å². The van der Waals surface area contributed by atoms with Crippen LogP contribution in [-0.4, -0.2) is 25.3 Å². The predicted molar refractivity (Wildman–Crippen MR) is 106 cm³/mol. The molecule has 1 aromatic rings. The highest BCUT2D eigenvalue weighted by Gasteiger charge is 2.51. The molecule has 148 valence electrons. The molecule has 3 aliphatic rings. The largest absolute Gasteiger partial charge is 0.457 e. The molecule has 0 amide bonds. The quantitative estimate of drug-likeness (QED) is 0.597. The Bertz CT molecular complexity index is 680. The van der Waals surface area contributed by atoms with E-state index in [0.717, 1.165) is 37.5 Å². The molecule has 3 atom stereocenters. The molecule has 1 aliphatic heterocycles. The van der Waals surface area contributed by atoms with E-state index in [1.54, 1.807) is 0 Å². The molecule has 1 saturated carbocycles. The van der Waals surface area contributed by atoms with Crippen molar-refractivity contribution in [3.8, 4) is 5.75 Å². The number of esters is 1. The number of hydrogen-bond acceptors (Lipinski definition) is 4. The topological polar surface area (TPSA) is 47.6 Å². The predicted octanol–water partition coefficient (Wildman–Crippen LogP) is 4.35. The molecule has 1 N–H and O–H groups in total. The monoisotopic (exact) mass is 371 g/mol. The van der Waals surface area contributed by atoms with Gasteiger partial charge in [0.15, 0.2) is 0 Å². The lowest BCUT2D eigenvalue weighted by atomic mass is 9.53. The molecular weight excluding hydrogens is 338 g/mol. The number of carbonyl (C=O) groups excluding carboxylic acids is 1. The summed E-state index contributed by atoms with van der Waals surface area (Å²) >= 11 is 0. The Labute approximate surface area is 163 Å². The number of piperidine rings is 1. The van der Waals surface area contributed by atoms with Crippen LogP contribution in [0.1, 0.15) is 69.9 Å². The molecule has 2 aliphatic carbocycles. The first-order chi connectivity index (χ1) is 13.2. The van der Waals surface area contributed by atoms with Crippen LogP contribution in [0.5, 0.6) is 5.75 Å². The summed E-state index contributed by atoms with van der Waals surface area (Å²) in [6.45, 7) is 5.17. The van der Waals surface area contributed by atoms with E-state index in [9.17, 15) is 4.79 Å². The highest BCUT2D eigenvalue weighted by molar-refractivity contribution is 5.72. The molecule has 2 fully saturated rings. The van der Waals surface area contributed by atoms with Crippen molar-refractivity contribution in [1.82, 2.24) is 5.32 Å². The SMILES string of the molecule is CCC(CC)C(=O)OCOc1ccc2c(c1)[C@@]13CCCC[C@H]1[C@@H](C2)NCC3. The van der Waals surface area contributed by atoms with Crippen molar-refractivity contribution < 1.29 is 14.3 Å². The maximum absolute atomic E-state index is 12.0.